The number of nitrogens with zero attached hydrogens (tertiary/aromatic N) is 4. The number of aryl methyl sites for hydroxylation is 3. The van der Waals surface area contributed by atoms with E-state index >= 15 is 0 Å². The number of carbonyl (C=O) groups is 1. The third-order valence-electron chi connectivity index (χ3n) is 4.84. The molecule has 5 rings (SSSR count). The van der Waals surface area contributed by atoms with Crippen molar-refractivity contribution >= 4 is 33.5 Å². The van der Waals surface area contributed by atoms with Crippen LogP contribution in [-0.2, 0) is 0 Å². The summed E-state index contributed by atoms with van der Waals surface area (Å²) in [7, 11) is 0. The van der Waals surface area contributed by atoms with Crippen LogP contribution in [0.1, 0.15) is 27.6 Å². The molecule has 1 amide bonds. The highest BCUT2D eigenvalue weighted by molar-refractivity contribution is 7.18. The molecule has 8 nitrogen and oxygen atoms in total. The van der Waals surface area contributed by atoms with Gasteiger partial charge in [0.2, 0.25) is 5.13 Å². The molecular weight excluding hydrogens is 414 g/mol. The largest absolute Gasteiger partial charge is 0.466 e. The van der Waals surface area contributed by atoms with E-state index < -0.39 is 0 Å². The van der Waals surface area contributed by atoms with E-state index in [-0.39, 0.29) is 5.91 Å². The Morgan fingerprint density at radius 1 is 1.06 bits per heavy atom. The van der Waals surface area contributed by atoms with Crippen molar-refractivity contribution < 1.29 is 13.7 Å². The number of aromatic nitrogens is 4. The predicted octanol–water partition coefficient (Wildman–Crippen LogP) is 5.18. The summed E-state index contributed by atoms with van der Waals surface area (Å²) in [6.45, 7) is 5.49. The second-order valence-electron chi connectivity index (χ2n) is 7.06. The average molecular weight is 431 g/mol. The van der Waals surface area contributed by atoms with E-state index in [0.29, 0.717) is 38.9 Å². The number of hydrogen-bond acceptors (Lipinski definition) is 8. The van der Waals surface area contributed by atoms with Gasteiger partial charge in [0.1, 0.15) is 16.5 Å². The molecule has 9 heteroatoms. The van der Waals surface area contributed by atoms with Crippen molar-refractivity contribution in [3.8, 4) is 21.8 Å². The number of fused-ring (bicyclic) bond motifs is 1. The fourth-order valence-corrected chi connectivity index (χ4v) is 4.18. The van der Waals surface area contributed by atoms with E-state index in [1.807, 2.05) is 50.2 Å². The highest BCUT2D eigenvalue weighted by atomic mass is 32.1. The van der Waals surface area contributed by atoms with Gasteiger partial charge in [-0.3, -0.25) is 10.1 Å². The maximum absolute atomic E-state index is 13.2. The first-order chi connectivity index (χ1) is 15.0. The number of pyridine rings is 1. The average Bonchev–Trinajstić information content (AvgIpc) is 3.47. The van der Waals surface area contributed by atoms with Gasteiger partial charge in [-0.1, -0.05) is 46.8 Å². The Bertz CT molecular complexity index is 1420. The fourth-order valence-electron chi connectivity index (χ4n) is 3.43. The Hall–Kier alpha value is -3.85. The van der Waals surface area contributed by atoms with Crippen molar-refractivity contribution in [2.45, 2.75) is 20.8 Å². The molecule has 0 unspecified atom stereocenters. The number of rotatable bonds is 4. The van der Waals surface area contributed by atoms with E-state index in [1.54, 1.807) is 13.0 Å². The normalized spacial score (nSPS) is 11.2. The van der Waals surface area contributed by atoms with Crippen LogP contribution < -0.4 is 5.32 Å². The third kappa shape index (κ3) is 3.49. The third-order valence-corrected chi connectivity index (χ3v) is 5.73. The molecule has 154 valence electrons. The number of hydrogen-bond donors (Lipinski definition) is 1. The van der Waals surface area contributed by atoms with Crippen molar-refractivity contribution in [1.29, 1.82) is 0 Å². The fraction of sp³-hybridized carbons (Fsp3) is 0.136. The lowest BCUT2D eigenvalue weighted by Gasteiger charge is -2.06. The van der Waals surface area contributed by atoms with Gasteiger partial charge in [0.05, 0.1) is 22.3 Å². The summed E-state index contributed by atoms with van der Waals surface area (Å²) < 4.78 is 11.0. The van der Waals surface area contributed by atoms with Gasteiger partial charge in [-0.15, -0.1) is 10.2 Å². The first-order valence-electron chi connectivity index (χ1n) is 9.54. The highest BCUT2D eigenvalue weighted by Crippen LogP contribution is 2.31. The van der Waals surface area contributed by atoms with Crippen LogP contribution in [0.15, 0.2) is 51.4 Å². The van der Waals surface area contributed by atoms with Crippen LogP contribution in [0.3, 0.4) is 0 Å². The standard InChI is InChI=1S/C22H17N5O3S/c1-11-9-15(13(3)29-11)17-10-16(18-12(2)27-30-20(18)23-17)19(28)24-22-26-25-21(31-22)14-7-5-4-6-8-14/h4-10H,1-3H3,(H,24,26,28). The van der Waals surface area contributed by atoms with E-state index in [1.165, 1.54) is 11.3 Å². The molecule has 0 radical (unpaired) electrons. The van der Waals surface area contributed by atoms with Crippen molar-refractivity contribution in [1.82, 2.24) is 20.3 Å². The minimum absolute atomic E-state index is 0.292. The first-order valence-corrected chi connectivity index (χ1v) is 10.4. The van der Waals surface area contributed by atoms with E-state index in [4.69, 9.17) is 8.94 Å². The molecule has 0 bridgehead atoms. The van der Waals surface area contributed by atoms with Crippen LogP contribution in [0.5, 0.6) is 0 Å². The van der Waals surface area contributed by atoms with Crippen LogP contribution >= 0.6 is 11.3 Å². The minimum atomic E-state index is -0.339. The second-order valence-corrected chi connectivity index (χ2v) is 8.04. The van der Waals surface area contributed by atoms with Crippen molar-refractivity contribution in [2.24, 2.45) is 0 Å². The number of benzene rings is 1. The molecule has 5 aromatic rings. The van der Waals surface area contributed by atoms with Gasteiger partial charge in [0.15, 0.2) is 0 Å². The van der Waals surface area contributed by atoms with Crippen LogP contribution in [0.25, 0.3) is 32.9 Å². The van der Waals surface area contributed by atoms with E-state index in [2.05, 4.69) is 25.7 Å². The molecule has 0 atom stereocenters. The Labute approximate surface area is 180 Å². The molecule has 0 aliphatic heterocycles. The van der Waals surface area contributed by atoms with Crippen molar-refractivity contribution in [3.05, 3.63) is 65.2 Å². The van der Waals surface area contributed by atoms with Crippen LogP contribution in [0, 0.1) is 20.8 Å². The molecule has 31 heavy (non-hydrogen) atoms. The summed E-state index contributed by atoms with van der Waals surface area (Å²) in [5.74, 6) is 1.13. The van der Waals surface area contributed by atoms with Crippen molar-refractivity contribution in [3.63, 3.8) is 0 Å². The molecule has 0 fully saturated rings. The molecule has 0 saturated heterocycles. The summed E-state index contributed by atoms with van der Waals surface area (Å²) >= 11 is 1.30. The molecular formula is C22H17N5O3S. The van der Waals surface area contributed by atoms with Gasteiger partial charge in [-0.25, -0.2) is 4.98 Å². The van der Waals surface area contributed by atoms with Gasteiger partial charge in [-0.2, -0.15) is 0 Å². The Kier molecular flexibility index (Phi) is 4.59. The quantitative estimate of drug-likeness (QED) is 0.418. The number of furan rings is 1. The van der Waals surface area contributed by atoms with Crippen molar-refractivity contribution in [2.75, 3.05) is 5.32 Å². The predicted molar refractivity (Wildman–Crippen MR) is 117 cm³/mol. The zero-order valence-electron chi connectivity index (χ0n) is 17.0. The number of anilines is 1. The Morgan fingerprint density at radius 3 is 2.61 bits per heavy atom. The van der Waals surface area contributed by atoms with Crippen LogP contribution in [0.2, 0.25) is 0 Å². The lowest BCUT2D eigenvalue weighted by atomic mass is 10.1. The summed E-state index contributed by atoms with van der Waals surface area (Å²) in [6, 6.07) is 13.3. The summed E-state index contributed by atoms with van der Waals surface area (Å²) in [5, 5.41) is 16.8. The Morgan fingerprint density at radius 2 is 1.87 bits per heavy atom. The second kappa shape index (κ2) is 7.44. The molecule has 0 saturated carbocycles. The molecule has 1 N–H and O–H groups in total. The van der Waals surface area contributed by atoms with Gasteiger partial charge >= 0.3 is 0 Å². The summed E-state index contributed by atoms with van der Waals surface area (Å²) in [6.07, 6.45) is 0. The molecule has 1 aromatic carbocycles. The molecule has 4 aromatic heterocycles. The topological polar surface area (TPSA) is 107 Å². The highest BCUT2D eigenvalue weighted by Gasteiger charge is 2.22. The zero-order chi connectivity index (χ0) is 21.5. The summed E-state index contributed by atoms with van der Waals surface area (Å²) in [4.78, 5) is 17.7. The monoisotopic (exact) mass is 431 g/mol. The molecule has 4 heterocycles. The van der Waals surface area contributed by atoms with Crippen LogP contribution in [0.4, 0.5) is 5.13 Å². The SMILES string of the molecule is Cc1cc(-c2cc(C(=O)Nc3nnc(-c4ccccc4)s3)c3c(C)noc3n2)c(C)o1. The van der Waals surface area contributed by atoms with Gasteiger partial charge in [0.25, 0.3) is 11.6 Å². The lowest BCUT2D eigenvalue weighted by molar-refractivity contribution is 0.102. The van der Waals surface area contributed by atoms with Crippen LogP contribution in [-0.4, -0.2) is 26.2 Å². The zero-order valence-corrected chi connectivity index (χ0v) is 17.8. The number of amides is 1. The smallest absolute Gasteiger partial charge is 0.259 e. The molecule has 0 aliphatic rings. The van der Waals surface area contributed by atoms with Gasteiger partial charge in [0, 0.05) is 11.1 Å². The van der Waals surface area contributed by atoms with Gasteiger partial charge < -0.3 is 8.94 Å². The molecule has 0 spiro atoms. The first kappa shape index (κ1) is 19.1. The maximum atomic E-state index is 13.2. The van der Waals surface area contributed by atoms with Gasteiger partial charge in [-0.05, 0) is 32.9 Å². The van der Waals surface area contributed by atoms with E-state index in [9.17, 15) is 4.79 Å². The van der Waals surface area contributed by atoms with E-state index in [0.717, 1.165) is 21.9 Å². The summed E-state index contributed by atoms with van der Waals surface area (Å²) in [5.41, 5.74) is 3.58. The molecule has 0 aliphatic carbocycles. The number of carbonyl (C=O) groups excluding carboxylic acids is 1. The minimum Gasteiger partial charge on any atom is -0.466 e. The lowest BCUT2D eigenvalue weighted by Crippen LogP contribution is -2.13. The maximum Gasteiger partial charge on any atom is 0.259 e. The Balaban J connectivity index is 1.53. The number of nitrogens with one attached hydrogen (secondary N) is 1.